The first kappa shape index (κ1) is 17.7. The average Bonchev–Trinajstić information content (AvgIpc) is 2.54. The molecule has 2 nitrogen and oxygen atoms in total. The number of halogens is 4. The van der Waals surface area contributed by atoms with Crippen molar-refractivity contribution in [1.82, 2.24) is 9.97 Å². The molecule has 0 saturated carbocycles. The van der Waals surface area contributed by atoms with Gasteiger partial charge in [0.25, 0.3) is 0 Å². The van der Waals surface area contributed by atoms with Crippen LogP contribution in [0.3, 0.4) is 0 Å². The minimum atomic E-state index is -0.0970. The molecule has 0 fully saturated rings. The molecule has 0 saturated heterocycles. The van der Waals surface area contributed by atoms with Gasteiger partial charge in [0.1, 0.15) is 10.3 Å². The van der Waals surface area contributed by atoms with Crippen LogP contribution in [0.4, 0.5) is 0 Å². The third-order valence-electron chi connectivity index (χ3n) is 3.74. The van der Waals surface area contributed by atoms with Crippen molar-refractivity contribution in [2.45, 2.75) is 12.3 Å². The Morgan fingerprint density at radius 3 is 2.04 bits per heavy atom. The predicted molar refractivity (Wildman–Crippen MR) is 103 cm³/mol. The first-order valence-electron chi connectivity index (χ1n) is 7.23. The van der Waals surface area contributed by atoms with Crippen LogP contribution in [0.2, 0.25) is 15.6 Å². The topological polar surface area (TPSA) is 25.8 Å². The Kier molecular flexibility index (Phi) is 5.77. The molecule has 1 unspecified atom stereocenters. The highest BCUT2D eigenvalue weighted by molar-refractivity contribution is 9.10. The molecule has 0 N–H and O–H groups in total. The van der Waals surface area contributed by atoms with Gasteiger partial charge < -0.3 is 0 Å². The van der Waals surface area contributed by atoms with Crippen LogP contribution < -0.4 is 0 Å². The molecule has 1 atom stereocenters. The van der Waals surface area contributed by atoms with E-state index < -0.39 is 0 Å². The number of nitrogens with zero attached hydrogens (tertiary/aromatic N) is 2. The average molecular weight is 443 g/mol. The molecule has 24 heavy (non-hydrogen) atoms. The van der Waals surface area contributed by atoms with E-state index in [2.05, 4.69) is 38.0 Å². The van der Waals surface area contributed by atoms with Gasteiger partial charge in [-0.3, -0.25) is 0 Å². The second-order valence-electron chi connectivity index (χ2n) is 5.25. The van der Waals surface area contributed by atoms with E-state index >= 15 is 0 Å². The van der Waals surface area contributed by atoms with Crippen molar-refractivity contribution < 1.29 is 0 Å². The highest BCUT2D eigenvalue weighted by atomic mass is 79.9. The lowest BCUT2D eigenvalue weighted by atomic mass is 9.87. The van der Waals surface area contributed by atoms with Crippen LogP contribution >= 0.6 is 50.7 Å². The Morgan fingerprint density at radius 1 is 0.833 bits per heavy atom. The second-order valence-corrected chi connectivity index (χ2v) is 7.16. The highest BCUT2D eigenvalue weighted by Crippen LogP contribution is 2.39. The molecular formula is C18H12BrCl3N2. The molecule has 0 bridgehead atoms. The first-order valence-corrected chi connectivity index (χ1v) is 9.15. The molecule has 0 aliphatic rings. The smallest absolute Gasteiger partial charge is 0.206 e. The van der Waals surface area contributed by atoms with E-state index in [0.717, 1.165) is 10.0 Å². The third kappa shape index (κ3) is 3.92. The maximum Gasteiger partial charge on any atom is 0.225 e. The van der Waals surface area contributed by atoms with Crippen molar-refractivity contribution in [3.05, 3.63) is 91.4 Å². The molecule has 122 valence electrons. The standard InChI is InChI=1S/C18H12BrCl3N2/c19-14-9-5-4-8-12(14)13(10-11-6-2-1-3-7-11)15-16(20)23-18(22)24-17(15)21/h1-9,13H,10H2. The quantitative estimate of drug-likeness (QED) is 0.337. The van der Waals surface area contributed by atoms with Crippen molar-refractivity contribution in [3.8, 4) is 0 Å². The van der Waals surface area contributed by atoms with Crippen molar-refractivity contribution in [1.29, 1.82) is 0 Å². The summed E-state index contributed by atoms with van der Waals surface area (Å²) in [5.41, 5.74) is 2.91. The summed E-state index contributed by atoms with van der Waals surface area (Å²) in [4.78, 5) is 8.14. The Balaban J connectivity index is 2.14. The molecule has 1 heterocycles. The summed E-state index contributed by atoms with van der Waals surface area (Å²) in [5, 5.41) is 0.590. The Morgan fingerprint density at radius 2 is 1.42 bits per heavy atom. The second kappa shape index (κ2) is 7.83. The fourth-order valence-electron chi connectivity index (χ4n) is 2.66. The SMILES string of the molecule is Clc1nc(Cl)c(C(Cc2ccccc2)c2ccccc2Br)c(Cl)n1. The number of benzene rings is 2. The summed E-state index contributed by atoms with van der Waals surface area (Å²) in [6, 6.07) is 18.1. The Hall–Kier alpha value is -1.13. The summed E-state index contributed by atoms with van der Waals surface area (Å²) in [7, 11) is 0. The molecule has 3 aromatic rings. The van der Waals surface area contributed by atoms with Crippen molar-refractivity contribution in [2.24, 2.45) is 0 Å². The summed E-state index contributed by atoms with van der Waals surface area (Å²) < 4.78 is 0.980. The summed E-state index contributed by atoms with van der Waals surface area (Å²) in [6.45, 7) is 0. The minimum Gasteiger partial charge on any atom is -0.206 e. The minimum absolute atomic E-state index is 0.0411. The summed E-state index contributed by atoms with van der Waals surface area (Å²) in [5.74, 6) is -0.0970. The van der Waals surface area contributed by atoms with Crippen LogP contribution in [0.1, 0.15) is 22.6 Å². The van der Waals surface area contributed by atoms with Gasteiger partial charge in [-0.05, 0) is 35.2 Å². The van der Waals surface area contributed by atoms with E-state index in [9.17, 15) is 0 Å². The van der Waals surface area contributed by atoms with Gasteiger partial charge in [-0.2, -0.15) is 0 Å². The number of hydrogen-bond acceptors (Lipinski definition) is 2. The molecule has 3 rings (SSSR count). The van der Waals surface area contributed by atoms with Gasteiger partial charge >= 0.3 is 0 Å². The van der Waals surface area contributed by atoms with Crippen LogP contribution in [0.25, 0.3) is 0 Å². The fourth-order valence-corrected chi connectivity index (χ4v) is 4.12. The van der Waals surface area contributed by atoms with Gasteiger partial charge in [0, 0.05) is 16.0 Å². The van der Waals surface area contributed by atoms with Crippen molar-refractivity contribution in [2.75, 3.05) is 0 Å². The maximum absolute atomic E-state index is 6.36. The number of aromatic nitrogens is 2. The van der Waals surface area contributed by atoms with Gasteiger partial charge in [-0.1, -0.05) is 87.7 Å². The summed E-state index contributed by atoms with van der Waals surface area (Å²) in [6.07, 6.45) is 0.716. The zero-order valence-electron chi connectivity index (χ0n) is 12.4. The molecule has 0 aliphatic carbocycles. The lowest BCUT2D eigenvalue weighted by Crippen LogP contribution is -2.09. The predicted octanol–water partition coefficient (Wildman–Crippen LogP) is 6.57. The number of hydrogen-bond donors (Lipinski definition) is 0. The third-order valence-corrected chi connectivity index (χ3v) is 5.20. The molecule has 0 amide bonds. The molecule has 1 aromatic heterocycles. The summed E-state index contributed by atoms with van der Waals surface area (Å²) >= 11 is 22.2. The van der Waals surface area contributed by atoms with Crippen LogP contribution in [0.15, 0.2) is 59.1 Å². The van der Waals surface area contributed by atoms with Gasteiger partial charge in [-0.25, -0.2) is 9.97 Å². The highest BCUT2D eigenvalue weighted by Gasteiger charge is 2.24. The Bertz CT molecular complexity index is 833. The molecule has 0 spiro atoms. The normalized spacial score (nSPS) is 12.2. The molecular weight excluding hydrogens is 430 g/mol. The van der Waals surface area contributed by atoms with Gasteiger partial charge in [-0.15, -0.1) is 0 Å². The molecule has 6 heteroatoms. The van der Waals surface area contributed by atoms with Gasteiger partial charge in [0.05, 0.1) is 0 Å². The van der Waals surface area contributed by atoms with Crippen LogP contribution in [0.5, 0.6) is 0 Å². The van der Waals surface area contributed by atoms with Crippen LogP contribution in [0, 0.1) is 0 Å². The number of rotatable bonds is 4. The monoisotopic (exact) mass is 440 g/mol. The zero-order valence-corrected chi connectivity index (χ0v) is 16.2. The van der Waals surface area contributed by atoms with E-state index in [1.807, 2.05) is 42.5 Å². The lowest BCUT2D eigenvalue weighted by molar-refractivity contribution is 0.789. The van der Waals surface area contributed by atoms with Gasteiger partial charge in [0.15, 0.2) is 0 Å². The first-order chi connectivity index (χ1) is 11.6. The molecule has 2 aromatic carbocycles. The van der Waals surface area contributed by atoms with Crippen LogP contribution in [-0.4, -0.2) is 9.97 Å². The van der Waals surface area contributed by atoms with E-state index in [4.69, 9.17) is 34.8 Å². The molecule has 0 radical (unpaired) electrons. The van der Waals surface area contributed by atoms with E-state index in [-0.39, 0.29) is 21.5 Å². The van der Waals surface area contributed by atoms with Crippen molar-refractivity contribution in [3.63, 3.8) is 0 Å². The fraction of sp³-hybridized carbons (Fsp3) is 0.111. The zero-order chi connectivity index (χ0) is 17.1. The maximum atomic E-state index is 6.36. The van der Waals surface area contributed by atoms with Gasteiger partial charge in [0.2, 0.25) is 5.28 Å². The largest absolute Gasteiger partial charge is 0.225 e. The van der Waals surface area contributed by atoms with Crippen LogP contribution in [-0.2, 0) is 6.42 Å². The van der Waals surface area contributed by atoms with E-state index in [1.54, 1.807) is 0 Å². The lowest BCUT2D eigenvalue weighted by Gasteiger charge is -2.21. The Labute approximate surface area is 163 Å². The van der Waals surface area contributed by atoms with Crippen molar-refractivity contribution >= 4 is 50.7 Å². The molecule has 0 aliphatic heterocycles. The van der Waals surface area contributed by atoms with E-state index in [0.29, 0.717) is 12.0 Å². The van der Waals surface area contributed by atoms with E-state index in [1.165, 1.54) is 5.56 Å².